The van der Waals surface area contributed by atoms with Crippen LogP contribution in [0.3, 0.4) is 0 Å². The Hall–Kier alpha value is -5.14. The highest BCUT2D eigenvalue weighted by molar-refractivity contribution is 5.83. The van der Waals surface area contributed by atoms with Crippen molar-refractivity contribution in [3.63, 3.8) is 0 Å². The van der Waals surface area contributed by atoms with E-state index < -0.39 is 36.2 Å². The highest BCUT2D eigenvalue weighted by Crippen LogP contribution is 2.23. The van der Waals surface area contributed by atoms with Crippen LogP contribution in [0.4, 0.5) is 23.8 Å². The van der Waals surface area contributed by atoms with Gasteiger partial charge in [0.15, 0.2) is 0 Å². The van der Waals surface area contributed by atoms with E-state index in [2.05, 4.69) is 20.9 Å². The first-order valence-corrected chi connectivity index (χ1v) is 12.4. The monoisotopic (exact) mass is 590 g/mol. The number of ether oxygens (including phenoxy) is 1. The summed E-state index contributed by atoms with van der Waals surface area (Å²) in [6.07, 6.45) is -4.48. The number of hydrogen-bond acceptors (Lipinski definition) is 7. The number of carboxylic acid groups (broad SMARTS) is 2. The molecule has 0 saturated carbocycles. The van der Waals surface area contributed by atoms with Gasteiger partial charge < -0.3 is 30.9 Å². The Morgan fingerprint density at radius 1 is 0.905 bits per heavy atom. The maximum absolute atomic E-state index is 12.4. The number of carboxylic acids is 2. The van der Waals surface area contributed by atoms with Crippen LogP contribution in [0.15, 0.2) is 79.0 Å². The standard InChI is InChI=1S/C26H28N4O5.C2HF3O2/c1-18(29-23-9-5-6-14-27-23)17-35-26(34)28-16-24(31)30-22(15-25(32)33)21-12-10-20(11-13-21)19-7-3-2-4-8-19;3-2(4,5)1(6)7/h2-14,18,22H,15-17H2,1H3,(H,27,29)(H,28,34)(H,30,31)(H,32,33);(H,6,7). The number of aliphatic carboxylic acids is 2. The molecule has 2 amide bonds. The van der Waals surface area contributed by atoms with Crippen LogP contribution >= 0.6 is 0 Å². The second-order valence-corrected chi connectivity index (χ2v) is 8.72. The number of carbonyl (C=O) groups is 4. The number of alkyl halides is 3. The molecule has 42 heavy (non-hydrogen) atoms. The van der Waals surface area contributed by atoms with Crippen LogP contribution in [0.25, 0.3) is 11.1 Å². The lowest BCUT2D eigenvalue weighted by Gasteiger charge is -2.18. The molecule has 14 heteroatoms. The first-order chi connectivity index (χ1) is 19.8. The summed E-state index contributed by atoms with van der Waals surface area (Å²) < 4.78 is 36.9. The van der Waals surface area contributed by atoms with Gasteiger partial charge in [-0.3, -0.25) is 9.59 Å². The van der Waals surface area contributed by atoms with Crippen molar-refractivity contribution in [1.29, 1.82) is 0 Å². The Balaban J connectivity index is 0.000000782. The molecule has 1 aromatic heterocycles. The van der Waals surface area contributed by atoms with Gasteiger partial charge in [0, 0.05) is 6.20 Å². The van der Waals surface area contributed by atoms with E-state index in [-0.39, 0.29) is 25.6 Å². The van der Waals surface area contributed by atoms with E-state index in [9.17, 15) is 32.7 Å². The number of alkyl carbamates (subject to hydrolysis) is 1. The Morgan fingerprint density at radius 2 is 1.50 bits per heavy atom. The lowest BCUT2D eigenvalue weighted by Crippen LogP contribution is -2.40. The molecule has 11 nitrogen and oxygen atoms in total. The van der Waals surface area contributed by atoms with Gasteiger partial charge in [0.25, 0.3) is 0 Å². The molecule has 2 atom stereocenters. The van der Waals surface area contributed by atoms with Crippen LogP contribution in [-0.2, 0) is 19.1 Å². The number of carbonyl (C=O) groups excluding carboxylic acids is 2. The molecule has 3 aromatic rings. The third kappa shape index (κ3) is 12.4. The highest BCUT2D eigenvalue weighted by Gasteiger charge is 2.38. The number of amides is 2. The summed E-state index contributed by atoms with van der Waals surface area (Å²) in [5, 5.41) is 24.5. The number of benzene rings is 2. The molecule has 0 aliphatic rings. The van der Waals surface area contributed by atoms with Crippen molar-refractivity contribution in [3.05, 3.63) is 84.6 Å². The van der Waals surface area contributed by atoms with E-state index in [4.69, 9.17) is 14.6 Å². The molecule has 2 unspecified atom stereocenters. The minimum atomic E-state index is -5.08. The van der Waals surface area contributed by atoms with E-state index in [0.717, 1.165) is 11.1 Å². The van der Waals surface area contributed by atoms with Gasteiger partial charge in [0.1, 0.15) is 19.0 Å². The fourth-order valence-corrected chi connectivity index (χ4v) is 3.36. The minimum absolute atomic E-state index is 0.0689. The molecule has 0 radical (unpaired) electrons. The number of halogens is 3. The molecule has 0 saturated heterocycles. The maximum atomic E-state index is 12.4. The zero-order chi connectivity index (χ0) is 31.1. The molecule has 0 fully saturated rings. The first-order valence-electron chi connectivity index (χ1n) is 12.4. The van der Waals surface area contributed by atoms with E-state index in [0.29, 0.717) is 11.4 Å². The van der Waals surface area contributed by atoms with Crippen molar-refractivity contribution in [2.45, 2.75) is 31.6 Å². The normalized spacial score (nSPS) is 12.0. The number of anilines is 1. The smallest absolute Gasteiger partial charge is 0.481 e. The molecular weight excluding hydrogens is 561 g/mol. The van der Waals surface area contributed by atoms with Gasteiger partial charge >= 0.3 is 24.2 Å². The van der Waals surface area contributed by atoms with Gasteiger partial charge in [-0.2, -0.15) is 13.2 Å². The van der Waals surface area contributed by atoms with Crippen molar-refractivity contribution in [2.75, 3.05) is 18.5 Å². The number of hydrogen-bond donors (Lipinski definition) is 5. The fourth-order valence-electron chi connectivity index (χ4n) is 3.36. The second-order valence-electron chi connectivity index (χ2n) is 8.72. The topological polar surface area (TPSA) is 167 Å². The van der Waals surface area contributed by atoms with E-state index >= 15 is 0 Å². The molecule has 0 spiro atoms. The molecule has 3 rings (SSSR count). The van der Waals surface area contributed by atoms with Crippen LogP contribution in [-0.4, -0.2) is 64.5 Å². The summed E-state index contributed by atoms with van der Waals surface area (Å²) in [6, 6.07) is 21.6. The fraction of sp³-hybridized carbons (Fsp3) is 0.250. The summed E-state index contributed by atoms with van der Waals surface area (Å²) in [4.78, 5) is 48.7. The Kier molecular flexibility index (Phi) is 12.8. The van der Waals surface area contributed by atoms with Crippen LogP contribution in [0, 0.1) is 0 Å². The first kappa shape index (κ1) is 33.1. The van der Waals surface area contributed by atoms with Gasteiger partial charge in [-0.1, -0.05) is 60.7 Å². The minimum Gasteiger partial charge on any atom is -0.481 e. The SMILES string of the molecule is CC(COC(=O)NCC(=O)NC(CC(=O)O)c1ccc(-c2ccccc2)cc1)Nc1ccccn1.O=C(O)C(F)(F)F. The van der Waals surface area contributed by atoms with Crippen molar-refractivity contribution in [3.8, 4) is 11.1 Å². The molecule has 0 bridgehead atoms. The van der Waals surface area contributed by atoms with Gasteiger partial charge in [-0.25, -0.2) is 14.6 Å². The number of nitrogens with one attached hydrogen (secondary N) is 3. The largest absolute Gasteiger partial charge is 0.490 e. The predicted molar refractivity (Wildman–Crippen MR) is 145 cm³/mol. The molecule has 5 N–H and O–H groups in total. The molecule has 0 aliphatic carbocycles. The van der Waals surface area contributed by atoms with Gasteiger partial charge in [-0.15, -0.1) is 0 Å². The number of aromatic nitrogens is 1. The Morgan fingerprint density at radius 3 is 2.05 bits per heavy atom. The Bertz CT molecular complexity index is 1310. The van der Waals surface area contributed by atoms with E-state index in [1.54, 1.807) is 30.5 Å². The van der Waals surface area contributed by atoms with Gasteiger partial charge in [0.05, 0.1) is 18.5 Å². The van der Waals surface area contributed by atoms with Gasteiger partial charge in [-0.05, 0) is 35.7 Å². The van der Waals surface area contributed by atoms with E-state index in [1.807, 2.05) is 55.5 Å². The van der Waals surface area contributed by atoms with Crippen LogP contribution < -0.4 is 16.0 Å². The summed E-state index contributed by atoms with van der Waals surface area (Å²) >= 11 is 0. The molecule has 0 aliphatic heterocycles. The van der Waals surface area contributed by atoms with Crippen molar-refractivity contribution in [2.24, 2.45) is 0 Å². The van der Waals surface area contributed by atoms with Crippen molar-refractivity contribution >= 4 is 29.8 Å². The van der Waals surface area contributed by atoms with Crippen LogP contribution in [0.2, 0.25) is 0 Å². The predicted octanol–water partition coefficient (Wildman–Crippen LogP) is 4.24. The number of nitrogens with zero attached hydrogens (tertiary/aromatic N) is 1. The lowest BCUT2D eigenvalue weighted by molar-refractivity contribution is -0.192. The summed E-state index contributed by atoms with van der Waals surface area (Å²) in [5.41, 5.74) is 2.66. The zero-order valence-electron chi connectivity index (χ0n) is 22.3. The molecule has 2 aromatic carbocycles. The van der Waals surface area contributed by atoms with Crippen LogP contribution in [0.5, 0.6) is 0 Å². The maximum Gasteiger partial charge on any atom is 0.490 e. The number of pyridine rings is 1. The van der Waals surface area contributed by atoms with Gasteiger partial charge in [0.2, 0.25) is 5.91 Å². The average Bonchev–Trinajstić information content (AvgIpc) is 2.95. The average molecular weight is 591 g/mol. The second kappa shape index (κ2) is 16.2. The summed E-state index contributed by atoms with van der Waals surface area (Å²) in [6.45, 7) is 1.55. The lowest BCUT2D eigenvalue weighted by atomic mass is 9.99. The Labute approximate surface area is 238 Å². The quantitative estimate of drug-likeness (QED) is 0.219. The van der Waals surface area contributed by atoms with Crippen LogP contribution in [0.1, 0.15) is 24.9 Å². The highest BCUT2D eigenvalue weighted by atomic mass is 19.4. The van der Waals surface area contributed by atoms with Crippen molar-refractivity contribution < 1.29 is 47.3 Å². The van der Waals surface area contributed by atoms with E-state index in [1.165, 1.54) is 0 Å². The molecular formula is C28H29F3N4O7. The van der Waals surface area contributed by atoms with Crippen molar-refractivity contribution in [1.82, 2.24) is 15.6 Å². The summed E-state index contributed by atoms with van der Waals surface area (Å²) in [5.74, 6) is -3.68. The number of rotatable bonds is 11. The third-order valence-electron chi connectivity index (χ3n) is 5.29. The summed E-state index contributed by atoms with van der Waals surface area (Å²) in [7, 11) is 0. The zero-order valence-corrected chi connectivity index (χ0v) is 22.3. The third-order valence-corrected chi connectivity index (χ3v) is 5.29. The molecule has 1 heterocycles. The molecule has 224 valence electrons.